The monoisotopic (exact) mass is 620 g/mol. The van der Waals surface area contributed by atoms with Crippen molar-refractivity contribution in [2.75, 3.05) is 37.7 Å². The molecule has 2 N–H and O–H groups in total. The number of ether oxygens (including phenoxy) is 1. The minimum absolute atomic E-state index is 0.00588. The number of anilines is 1. The van der Waals surface area contributed by atoms with Gasteiger partial charge in [0.15, 0.2) is 5.82 Å². The van der Waals surface area contributed by atoms with Crippen LogP contribution in [0.1, 0.15) is 44.1 Å². The first-order valence-electron chi connectivity index (χ1n) is 16.5. The second kappa shape index (κ2) is 9.26. The standard InChI is InChI=1S/C36H34F2N6O2/c1-2-24-28(37)6-3-19-9-23(45)11-25(29(19)24)31-30(38)32-26(12-39-31)33(43-14-21-4-5-22(15-43)40-21)42-34(41-32)46-18-36-16-35(7-8-35)17-44(36)13-20-10-27(20)36/h1,3,6,9,11-12,20-22,27,40,45H,4-5,7-8,10,13-18H2/t20-,21-,22+,27-,36+/m1/s1. The van der Waals surface area contributed by atoms with Crippen molar-refractivity contribution < 1.29 is 18.6 Å². The molecule has 1 spiro atoms. The summed E-state index contributed by atoms with van der Waals surface area (Å²) in [6.07, 6.45) is 14.5. The molecule has 2 aliphatic carbocycles. The number of aromatic hydroxyl groups is 1. The third-order valence-corrected chi connectivity index (χ3v) is 11.9. The van der Waals surface area contributed by atoms with Crippen LogP contribution in [-0.4, -0.2) is 75.4 Å². The Kier molecular flexibility index (Phi) is 5.45. The molecular weight excluding hydrogens is 586 g/mol. The summed E-state index contributed by atoms with van der Waals surface area (Å²) in [4.78, 5) is 19.1. The Morgan fingerprint density at radius 3 is 2.72 bits per heavy atom. The second-order valence-electron chi connectivity index (χ2n) is 14.8. The number of aromatic nitrogens is 3. The molecule has 0 radical (unpaired) electrons. The summed E-state index contributed by atoms with van der Waals surface area (Å²) in [7, 11) is 0. The van der Waals surface area contributed by atoms with Gasteiger partial charge < -0.3 is 20.1 Å². The van der Waals surface area contributed by atoms with Crippen molar-refractivity contribution in [3.63, 3.8) is 0 Å². The fraction of sp³-hybridized carbons (Fsp3) is 0.472. The summed E-state index contributed by atoms with van der Waals surface area (Å²) in [5.74, 6) is 3.03. The Hall–Kier alpha value is -4.07. The average Bonchev–Trinajstić information content (AvgIpc) is 3.91. The van der Waals surface area contributed by atoms with Crippen molar-refractivity contribution in [2.24, 2.45) is 17.3 Å². The lowest BCUT2D eigenvalue weighted by Crippen LogP contribution is -2.51. The molecule has 2 saturated carbocycles. The number of pyridine rings is 1. The molecule has 0 unspecified atom stereocenters. The van der Waals surface area contributed by atoms with E-state index in [1.54, 1.807) is 6.20 Å². The molecule has 2 aromatic carbocycles. The molecule has 46 heavy (non-hydrogen) atoms. The zero-order chi connectivity index (χ0) is 30.9. The predicted molar refractivity (Wildman–Crippen MR) is 170 cm³/mol. The van der Waals surface area contributed by atoms with Gasteiger partial charge in [-0.3, -0.25) is 9.88 Å². The number of phenols is 1. The molecule has 4 aromatic rings. The van der Waals surface area contributed by atoms with E-state index in [4.69, 9.17) is 21.1 Å². The highest BCUT2D eigenvalue weighted by atomic mass is 19.1. The minimum Gasteiger partial charge on any atom is -0.508 e. The van der Waals surface area contributed by atoms with Gasteiger partial charge >= 0.3 is 6.01 Å². The smallest absolute Gasteiger partial charge is 0.319 e. The predicted octanol–water partition coefficient (Wildman–Crippen LogP) is 5.00. The van der Waals surface area contributed by atoms with Crippen LogP contribution in [0.15, 0.2) is 30.5 Å². The average molecular weight is 621 g/mol. The number of halogens is 2. The minimum atomic E-state index is -0.691. The Labute approximate surface area is 265 Å². The number of rotatable bonds is 5. The topological polar surface area (TPSA) is 86.6 Å². The molecule has 8 nitrogen and oxygen atoms in total. The van der Waals surface area contributed by atoms with Crippen molar-refractivity contribution in [3.8, 4) is 35.4 Å². The van der Waals surface area contributed by atoms with E-state index < -0.39 is 11.6 Å². The first-order valence-corrected chi connectivity index (χ1v) is 16.5. The number of piperidine rings is 1. The van der Waals surface area contributed by atoms with Crippen LogP contribution in [0.4, 0.5) is 14.6 Å². The number of nitrogens with one attached hydrogen (secondary N) is 1. The van der Waals surface area contributed by atoms with Gasteiger partial charge in [-0.1, -0.05) is 12.0 Å². The highest BCUT2D eigenvalue weighted by molar-refractivity contribution is 6.03. The lowest BCUT2D eigenvalue weighted by atomic mass is 9.87. The summed E-state index contributed by atoms with van der Waals surface area (Å²) in [5, 5.41) is 15.5. The Morgan fingerprint density at radius 2 is 1.93 bits per heavy atom. The van der Waals surface area contributed by atoms with Crippen molar-refractivity contribution in [1.29, 1.82) is 0 Å². The molecule has 6 fully saturated rings. The maximum atomic E-state index is 16.9. The maximum Gasteiger partial charge on any atom is 0.319 e. The molecule has 2 bridgehead atoms. The van der Waals surface area contributed by atoms with Crippen LogP contribution in [0.25, 0.3) is 32.9 Å². The molecule has 234 valence electrons. The largest absolute Gasteiger partial charge is 0.508 e. The van der Waals surface area contributed by atoms with Gasteiger partial charge in [0, 0.05) is 55.4 Å². The number of phenolic OH excluding ortho intramolecular Hbond substituents is 1. The zero-order valence-electron chi connectivity index (χ0n) is 25.4. The van der Waals surface area contributed by atoms with Crippen LogP contribution in [0.5, 0.6) is 11.8 Å². The van der Waals surface area contributed by atoms with Gasteiger partial charge in [-0.05, 0) is 79.4 Å². The van der Waals surface area contributed by atoms with Gasteiger partial charge in [0.25, 0.3) is 0 Å². The third kappa shape index (κ3) is 3.88. The van der Waals surface area contributed by atoms with Gasteiger partial charge in [-0.2, -0.15) is 9.97 Å². The van der Waals surface area contributed by atoms with Crippen molar-refractivity contribution in [2.45, 2.75) is 56.1 Å². The quantitative estimate of drug-likeness (QED) is 0.302. The van der Waals surface area contributed by atoms with Crippen LogP contribution in [0, 0.1) is 41.2 Å². The highest BCUT2D eigenvalue weighted by Crippen LogP contribution is 2.68. The fourth-order valence-electron chi connectivity index (χ4n) is 9.57. The summed E-state index contributed by atoms with van der Waals surface area (Å²) in [5.41, 5.74) is 0.651. The van der Waals surface area contributed by atoms with Crippen LogP contribution >= 0.6 is 0 Å². The number of hydrogen-bond donors (Lipinski definition) is 2. The van der Waals surface area contributed by atoms with E-state index in [1.807, 2.05) is 0 Å². The summed E-state index contributed by atoms with van der Waals surface area (Å²) in [6, 6.07) is 6.46. The Bertz CT molecular complexity index is 2010. The number of terminal acetylenes is 1. The summed E-state index contributed by atoms with van der Waals surface area (Å²) in [6.45, 7) is 4.29. The first kappa shape index (κ1) is 27.1. The number of fused-ring (bicyclic) bond motifs is 7. The number of benzene rings is 2. The lowest BCUT2D eigenvalue weighted by molar-refractivity contribution is 0.0828. The van der Waals surface area contributed by atoms with E-state index in [-0.39, 0.29) is 39.6 Å². The van der Waals surface area contributed by atoms with Gasteiger partial charge in [-0.25, -0.2) is 8.78 Å². The highest BCUT2D eigenvalue weighted by Gasteiger charge is 2.70. The van der Waals surface area contributed by atoms with Crippen LogP contribution < -0.4 is 15.0 Å². The molecule has 2 aromatic heterocycles. The molecule has 10 rings (SSSR count). The van der Waals surface area contributed by atoms with Gasteiger partial charge in [0.1, 0.15) is 35.2 Å². The molecule has 6 aliphatic rings. The molecule has 4 aliphatic heterocycles. The molecule has 4 saturated heterocycles. The van der Waals surface area contributed by atoms with Crippen LogP contribution in [-0.2, 0) is 0 Å². The Balaban J connectivity index is 1.11. The normalized spacial score (nSPS) is 30.2. The maximum absolute atomic E-state index is 16.9. The van der Waals surface area contributed by atoms with E-state index in [9.17, 15) is 9.50 Å². The zero-order valence-corrected chi connectivity index (χ0v) is 25.4. The van der Waals surface area contributed by atoms with Crippen molar-refractivity contribution >= 4 is 27.5 Å². The molecular formula is C36H34F2N6O2. The lowest BCUT2D eigenvalue weighted by Gasteiger charge is -2.35. The van der Waals surface area contributed by atoms with E-state index in [1.165, 1.54) is 43.5 Å². The van der Waals surface area contributed by atoms with Crippen LogP contribution in [0.2, 0.25) is 0 Å². The summed E-state index contributed by atoms with van der Waals surface area (Å²) >= 11 is 0. The molecule has 5 atom stereocenters. The van der Waals surface area contributed by atoms with E-state index >= 15 is 4.39 Å². The molecule has 10 heteroatoms. The third-order valence-electron chi connectivity index (χ3n) is 11.9. The molecule has 0 amide bonds. The van der Waals surface area contributed by atoms with Gasteiger partial charge in [0.05, 0.1) is 16.5 Å². The summed E-state index contributed by atoms with van der Waals surface area (Å²) < 4.78 is 38.3. The van der Waals surface area contributed by atoms with Crippen molar-refractivity contribution in [3.05, 3.63) is 47.7 Å². The van der Waals surface area contributed by atoms with Crippen LogP contribution in [0.3, 0.4) is 0 Å². The SMILES string of the molecule is C#Cc1c(F)ccc2cc(O)cc(-c3ncc4c(N5C[C@H]6CC[C@@H](C5)N6)nc(OC[C@]56CC7(CC7)CN5C[C@H]5C[C@H]56)nc4c3F)c12. The Morgan fingerprint density at radius 1 is 1.11 bits per heavy atom. The van der Waals surface area contributed by atoms with Gasteiger partial charge in [-0.15, -0.1) is 6.42 Å². The van der Waals surface area contributed by atoms with Crippen molar-refractivity contribution in [1.82, 2.24) is 25.2 Å². The van der Waals surface area contributed by atoms with E-state index in [2.05, 4.69) is 26.0 Å². The van der Waals surface area contributed by atoms with Gasteiger partial charge in [0.2, 0.25) is 0 Å². The second-order valence-corrected chi connectivity index (χ2v) is 14.8. The van der Waals surface area contributed by atoms with E-state index in [0.717, 1.165) is 51.4 Å². The number of piperazine rings is 1. The van der Waals surface area contributed by atoms with E-state index in [0.29, 0.717) is 52.0 Å². The first-order chi connectivity index (χ1) is 22.3. The molecule has 6 heterocycles. The number of hydrogen-bond acceptors (Lipinski definition) is 8. The fourth-order valence-corrected chi connectivity index (χ4v) is 9.57. The number of nitrogens with zero attached hydrogens (tertiary/aromatic N) is 5.